The summed E-state index contributed by atoms with van der Waals surface area (Å²) in [6.07, 6.45) is 2.86. The molecule has 0 bridgehead atoms. The Hall–Kier alpha value is -2.83. The second-order valence-corrected chi connectivity index (χ2v) is 6.34. The molecule has 0 aromatic heterocycles. The lowest BCUT2D eigenvalue weighted by Gasteiger charge is -2.20. The van der Waals surface area contributed by atoms with Crippen molar-refractivity contribution in [1.29, 1.82) is 10.8 Å². The van der Waals surface area contributed by atoms with E-state index in [1.165, 1.54) is 17.2 Å². The van der Waals surface area contributed by atoms with Crippen molar-refractivity contribution in [2.45, 2.75) is 13.5 Å². The second-order valence-electron chi connectivity index (χ2n) is 5.93. The lowest BCUT2D eigenvalue weighted by Crippen LogP contribution is -2.26. The minimum atomic E-state index is -0.117. The van der Waals surface area contributed by atoms with Gasteiger partial charge in [-0.1, -0.05) is 17.7 Å². The Bertz CT molecular complexity index is 878. The Labute approximate surface area is 164 Å². The van der Waals surface area contributed by atoms with Crippen molar-refractivity contribution in [1.82, 2.24) is 0 Å². The molecule has 27 heavy (non-hydrogen) atoms. The number of aryl methyl sites for hydroxylation is 1. The highest BCUT2D eigenvalue weighted by Gasteiger charge is 2.13. The van der Waals surface area contributed by atoms with E-state index < -0.39 is 0 Å². The van der Waals surface area contributed by atoms with Crippen LogP contribution in [0.25, 0.3) is 0 Å². The average molecular weight is 387 g/mol. The van der Waals surface area contributed by atoms with Gasteiger partial charge in [-0.05, 0) is 60.5 Å². The summed E-state index contributed by atoms with van der Waals surface area (Å²) < 4.78 is 11.4. The highest BCUT2D eigenvalue weighted by Crippen LogP contribution is 2.30. The Balaban J connectivity index is 2.20. The Kier molecular flexibility index (Phi) is 6.98. The van der Waals surface area contributed by atoms with Crippen LogP contribution in [-0.2, 0) is 6.61 Å². The molecule has 0 saturated carbocycles. The highest BCUT2D eigenvalue weighted by atomic mass is 35.5. The molecule has 2 aromatic rings. The van der Waals surface area contributed by atoms with E-state index in [1.807, 2.05) is 37.3 Å². The van der Waals surface area contributed by atoms with Gasteiger partial charge in [-0.25, -0.2) is 5.84 Å². The minimum Gasteiger partial charge on any atom is -0.496 e. The van der Waals surface area contributed by atoms with Gasteiger partial charge in [-0.2, -0.15) is 0 Å². The zero-order valence-corrected chi connectivity index (χ0v) is 16.3. The van der Waals surface area contributed by atoms with E-state index in [9.17, 15) is 0 Å². The van der Waals surface area contributed by atoms with Crippen molar-refractivity contribution in [3.05, 3.63) is 65.2 Å². The number of allylic oxidation sites excluding steroid dienone is 2. The fourth-order valence-corrected chi connectivity index (χ4v) is 2.67. The minimum absolute atomic E-state index is 0.117. The van der Waals surface area contributed by atoms with Crippen LogP contribution in [0.5, 0.6) is 11.5 Å². The molecule has 0 amide bonds. The predicted octanol–water partition coefficient (Wildman–Crippen LogP) is 4.03. The SMILES string of the molecule is COc1cccc(N(C)N)c1COc1ccc(C(=N)/C=C\C(=N)Cl)cc1C. The van der Waals surface area contributed by atoms with Gasteiger partial charge in [0.1, 0.15) is 23.3 Å². The van der Waals surface area contributed by atoms with Crippen LogP contribution in [0.1, 0.15) is 16.7 Å². The summed E-state index contributed by atoms with van der Waals surface area (Å²) in [4.78, 5) is 0. The molecule has 2 rings (SSSR count). The maximum Gasteiger partial charge on any atom is 0.127 e. The van der Waals surface area contributed by atoms with Gasteiger partial charge in [0, 0.05) is 7.05 Å². The van der Waals surface area contributed by atoms with Gasteiger partial charge >= 0.3 is 0 Å². The van der Waals surface area contributed by atoms with Crippen molar-refractivity contribution in [3.63, 3.8) is 0 Å². The number of rotatable bonds is 8. The van der Waals surface area contributed by atoms with Crippen LogP contribution in [0, 0.1) is 17.7 Å². The van der Waals surface area contributed by atoms with Crippen LogP contribution in [0.3, 0.4) is 0 Å². The summed E-state index contributed by atoms with van der Waals surface area (Å²) in [5, 5.41) is 16.6. The van der Waals surface area contributed by atoms with Crippen molar-refractivity contribution in [2.24, 2.45) is 5.84 Å². The van der Waals surface area contributed by atoms with Gasteiger partial charge in [0.05, 0.1) is 24.1 Å². The number of nitrogens with zero attached hydrogens (tertiary/aromatic N) is 1. The molecule has 4 N–H and O–H groups in total. The van der Waals surface area contributed by atoms with Crippen LogP contribution in [0.15, 0.2) is 48.6 Å². The number of hydrogen-bond donors (Lipinski definition) is 3. The zero-order valence-electron chi connectivity index (χ0n) is 15.5. The number of methoxy groups -OCH3 is 1. The number of nitrogens with two attached hydrogens (primary N) is 1. The van der Waals surface area contributed by atoms with Gasteiger partial charge in [0.25, 0.3) is 0 Å². The number of benzene rings is 2. The molecule has 0 aliphatic rings. The number of halogens is 1. The molecule has 0 radical (unpaired) electrons. The number of hydrazine groups is 1. The van der Waals surface area contributed by atoms with E-state index in [0.29, 0.717) is 23.7 Å². The largest absolute Gasteiger partial charge is 0.496 e. The van der Waals surface area contributed by atoms with Gasteiger partial charge in [-0.3, -0.25) is 5.41 Å². The first-order chi connectivity index (χ1) is 12.8. The normalized spacial score (nSPS) is 10.7. The fourth-order valence-electron chi connectivity index (χ4n) is 2.60. The van der Waals surface area contributed by atoms with Crippen molar-refractivity contribution >= 4 is 28.2 Å². The Morgan fingerprint density at radius 3 is 2.52 bits per heavy atom. The maximum atomic E-state index is 8.04. The summed E-state index contributed by atoms with van der Waals surface area (Å²) in [6, 6.07) is 11.1. The standard InChI is InChI=1S/C20H23ClN4O2/c1-13-11-14(16(22)8-10-20(21)23)7-9-18(13)27-12-15-17(25(2)24)5-4-6-19(15)26-3/h4-11,22-23H,12,24H2,1-3H3/b10-8-,22-16?,23-20?. The Morgan fingerprint density at radius 2 is 1.93 bits per heavy atom. The van der Waals surface area contributed by atoms with Crippen LogP contribution in [0.4, 0.5) is 5.69 Å². The van der Waals surface area contributed by atoms with Crippen LogP contribution in [-0.4, -0.2) is 25.0 Å². The third-order valence-electron chi connectivity index (χ3n) is 3.96. The van der Waals surface area contributed by atoms with Crippen LogP contribution < -0.4 is 20.3 Å². The van der Waals surface area contributed by atoms with E-state index in [1.54, 1.807) is 20.2 Å². The molecule has 7 heteroatoms. The van der Waals surface area contributed by atoms with Crippen molar-refractivity contribution < 1.29 is 9.47 Å². The summed E-state index contributed by atoms with van der Waals surface area (Å²) in [7, 11) is 3.37. The molecule has 0 aliphatic carbocycles. The van der Waals surface area contributed by atoms with Gasteiger partial charge in [0.2, 0.25) is 0 Å². The zero-order chi connectivity index (χ0) is 20.0. The smallest absolute Gasteiger partial charge is 0.127 e. The second kappa shape index (κ2) is 9.21. The average Bonchev–Trinajstić information content (AvgIpc) is 2.64. The molecule has 0 atom stereocenters. The number of nitrogens with one attached hydrogen (secondary N) is 2. The van der Waals surface area contributed by atoms with E-state index in [2.05, 4.69) is 0 Å². The maximum absolute atomic E-state index is 8.04. The topological polar surface area (TPSA) is 95.4 Å². The quantitative estimate of drug-likeness (QED) is 0.362. The van der Waals surface area contributed by atoms with E-state index in [-0.39, 0.29) is 10.9 Å². The molecule has 142 valence electrons. The first-order valence-corrected chi connectivity index (χ1v) is 8.60. The molecular weight excluding hydrogens is 364 g/mol. The Morgan fingerprint density at radius 1 is 1.19 bits per heavy atom. The molecule has 0 fully saturated rings. The monoisotopic (exact) mass is 386 g/mol. The van der Waals surface area contributed by atoms with Crippen LogP contribution in [0.2, 0.25) is 0 Å². The van der Waals surface area contributed by atoms with E-state index in [0.717, 1.165) is 16.8 Å². The highest BCUT2D eigenvalue weighted by molar-refractivity contribution is 6.67. The summed E-state index contributed by atoms with van der Waals surface area (Å²) in [6.45, 7) is 2.21. The summed E-state index contributed by atoms with van der Waals surface area (Å²) in [5.74, 6) is 7.32. The van der Waals surface area contributed by atoms with Gasteiger partial charge in [-0.15, -0.1) is 0 Å². The molecule has 0 saturated heterocycles. The van der Waals surface area contributed by atoms with Gasteiger partial charge in [0.15, 0.2) is 0 Å². The van der Waals surface area contributed by atoms with Crippen molar-refractivity contribution in [2.75, 3.05) is 19.2 Å². The van der Waals surface area contributed by atoms with Crippen molar-refractivity contribution in [3.8, 4) is 11.5 Å². The third kappa shape index (κ3) is 5.32. The molecule has 0 spiro atoms. The fraction of sp³-hybridized carbons (Fsp3) is 0.200. The number of anilines is 1. The van der Waals surface area contributed by atoms with Gasteiger partial charge < -0.3 is 19.9 Å². The molecule has 6 nitrogen and oxygen atoms in total. The van der Waals surface area contributed by atoms with Crippen LogP contribution >= 0.6 is 11.6 Å². The molecule has 0 unspecified atom stereocenters. The lowest BCUT2D eigenvalue weighted by molar-refractivity contribution is 0.295. The summed E-state index contributed by atoms with van der Waals surface area (Å²) in [5.41, 5.74) is 3.55. The van der Waals surface area contributed by atoms with E-state index >= 15 is 0 Å². The van der Waals surface area contributed by atoms with E-state index in [4.69, 9.17) is 37.7 Å². The molecule has 0 heterocycles. The molecule has 0 aliphatic heterocycles. The molecular formula is C20H23ClN4O2. The summed E-state index contributed by atoms with van der Waals surface area (Å²) >= 11 is 5.48. The third-order valence-corrected chi connectivity index (χ3v) is 4.09. The number of ether oxygens (including phenoxy) is 2. The first-order valence-electron chi connectivity index (χ1n) is 8.22. The lowest BCUT2D eigenvalue weighted by atomic mass is 10.1. The number of hydrogen-bond acceptors (Lipinski definition) is 6. The predicted molar refractivity (Wildman–Crippen MR) is 111 cm³/mol. The first kappa shape index (κ1) is 20.5. The molecule has 2 aromatic carbocycles.